The van der Waals surface area contributed by atoms with Crippen LogP contribution in [-0.2, 0) is 4.79 Å². The van der Waals surface area contributed by atoms with E-state index in [1.165, 1.54) is 12.1 Å². The van der Waals surface area contributed by atoms with E-state index in [2.05, 4.69) is 5.32 Å². The van der Waals surface area contributed by atoms with Crippen LogP contribution in [0.5, 0.6) is 0 Å². The number of likely N-dealkylation sites (tertiary alicyclic amines) is 1. The van der Waals surface area contributed by atoms with Crippen molar-refractivity contribution in [3.8, 4) is 0 Å². The van der Waals surface area contributed by atoms with Crippen molar-refractivity contribution in [2.45, 2.75) is 18.9 Å². The summed E-state index contributed by atoms with van der Waals surface area (Å²) in [5.41, 5.74) is 0.458. The van der Waals surface area contributed by atoms with E-state index in [0.717, 1.165) is 19.4 Å². The number of hydrogen-bond acceptors (Lipinski definition) is 3. The molecule has 4 nitrogen and oxygen atoms in total. The molecule has 0 aliphatic carbocycles. The van der Waals surface area contributed by atoms with Gasteiger partial charge < -0.3 is 10.4 Å². The molecule has 1 unspecified atom stereocenters. The van der Waals surface area contributed by atoms with Crippen molar-refractivity contribution >= 4 is 11.6 Å². The van der Waals surface area contributed by atoms with E-state index in [1.807, 2.05) is 4.90 Å². The number of amides is 1. The Hall–Kier alpha value is -1.46. The first-order chi connectivity index (χ1) is 8.69. The van der Waals surface area contributed by atoms with Gasteiger partial charge in [0, 0.05) is 11.7 Å². The molecule has 5 heteroatoms. The Morgan fingerprint density at radius 2 is 2.39 bits per heavy atom. The predicted molar refractivity (Wildman–Crippen MR) is 66.7 cm³/mol. The van der Waals surface area contributed by atoms with Crippen LogP contribution >= 0.6 is 0 Å². The highest BCUT2D eigenvalue weighted by Crippen LogP contribution is 2.16. The minimum Gasteiger partial charge on any atom is -0.395 e. The first kappa shape index (κ1) is 13.0. The number of rotatable bonds is 4. The van der Waals surface area contributed by atoms with Gasteiger partial charge in [0.1, 0.15) is 5.82 Å². The molecule has 0 bridgehead atoms. The number of aliphatic hydroxyl groups is 1. The Morgan fingerprint density at radius 1 is 1.56 bits per heavy atom. The number of carbonyl (C=O) groups excluding carboxylic acids is 1. The molecule has 98 valence electrons. The van der Waals surface area contributed by atoms with Gasteiger partial charge in [-0.2, -0.15) is 0 Å². The maximum atomic E-state index is 12.9. The molecule has 2 N–H and O–H groups in total. The zero-order valence-corrected chi connectivity index (χ0v) is 10.1. The molecule has 0 spiro atoms. The summed E-state index contributed by atoms with van der Waals surface area (Å²) in [6, 6.07) is 5.89. The van der Waals surface area contributed by atoms with Crippen molar-refractivity contribution in [1.82, 2.24) is 4.90 Å². The van der Waals surface area contributed by atoms with Gasteiger partial charge in [0.15, 0.2) is 0 Å². The summed E-state index contributed by atoms with van der Waals surface area (Å²) in [6.07, 6.45) is 1.92. The molecule has 1 atom stereocenters. The Balaban J connectivity index is 1.89. The number of nitrogens with zero attached hydrogens (tertiary/aromatic N) is 1. The van der Waals surface area contributed by atoms with Crippen molar-refractivity contribution in [2.75, 3.05) is 25.0 Å². The first-order valence-electron chi connectivity index (χ1n) is 6.09. The molecule has 1 aromatic rings. The van der Waals surface area contributed by atoms with Gasteiger partial charge in [0.25, 0.3) is 0 Å². The zero-order valence-electron chi connectivity index (χ0n) is 10.1. The molecule has 1 aliphatic rings. The second-order valence-corrected chi connectivity index (χ2v) is 4.51. The molecule has 1 fully saturated rings. The van der Waals surface area contributed by atoms with Gasteiger partial charge in [0.05, 0.1) is 13.2 Å². The molecule has 1 saturated heterocycles. The molecule has 0 radical (unpaired) electrons. The van der Waals surface area contributed by atoms with Crippen LogP contribution in [0.25, 0.3) is 0 Å². The van der Waals surface area contributed by atoms with Crippen LogP contribution in [0.4, 0.5) is 10.1 Å². The lowest BCUT2D eigenvalue weighted by molar-refractivity contribution is -0.117. The second-order valence-electron chi connectivity index (χ2n) is 4.51. The SMILES string of the molecule is O=C(CN1CCCC1CO)Nc1cccc(F)c1. The number of carbonyl (C=O) groups is 1. The van der Waals surface area contributed by atoms with Crippen molar-refractivity contribution in [3.05, 3.63) is 30.1 Å². The van der Waals surface area contributed by atoms with Gasteiger partial charge in [-0.15, -0.1) is 0 Å². The number of aliphatic hydroxyl groups excluding tert-OH is 1. The molecule has 0 aromatic heterocycles. The molecule has 0 saturated carbocycles. The van der Waals surface area contributed by atoms with Crippen LogP contribution in [0.1, 0.15) is 12.8 Å². The summed E-state index contributed by atoms with van der Waals surface area (Å²) in [7, 11) is 0. The van der Waals surface area contributed by atoms with Crippen molar-refractivity contribution < 1.29 is 14.3 Å². The fraction of sp³-hybridized carbons (Fsp3) is 0.462. The smallest absolute Gasteiger partial charge is 0.238 e. The minimum absolute atomic E-state index is 0.0725. The number of nitrogens with one attached hydrogen (secondary N) is 1. The van der Waals surface area contributed by atoms with Crippen LogP contribution in [0, 0.1) is 5.82 Å². The van der Waals surface area contributed by atoms with Crippen LogP contribution < -0.4 is 5.32 Å². The van der Waals surface area contributed by atoms with Gasteiger partial charge >= 0.3 is 0 Å². The summed E-state index contributed by atoms with van der Waals surface area (Å²) in [4.78, 5) is 13.7. The molecule has 1 aromatic carbocycles. The van der Waals surface area contributed by atoms with Crippen LogP contribution in [0.2, 0.25) is 0 Å². The zero-order chi connectivity index (χ0) is 13.0. The quantitative estimate of drug-likeness (QED) is 0.847. The molecular weight excluding hydrogens is 235 g/mol. The Labute approximate surface area is 105 Å². The minimum atomic E-state index is -0.373. The van der Waals surface area contributed by atoms with Crippen molar-refractivity contribution in [1.29, 1.82) is 0 Å². The molecular formula is C13H17FN2O2. The third-order valence-electron chi connectivity index (χ3n) is 3.16. The highest BCUT2D eigenvalue weighted by Gasteiger charge is 2.25. The van der Waals surface area contributed by atoms with E-state index in [4.69, 9.17) is 5.11 Å². The third-order valence-corrected chi connectivity index (χ3v) is 3.16. The summed E-state index contributed by atoms with van der Waals surface area (Å²) in [5, 5.41) is 11.8. The molecule has 1 aliphatic heterocycles. The fourth-order valence-electron chi connectivity index (χ4n) is 2.26. The Morgan fingerprint density at radius 3 is 3.11 bits per heavy atom. The average molecular weight is 252 g/mol. The highest BCUT2D eigenvalue weighted by molar-refractivity contribution is 5.92. The van der Waals surface area contributed by atoms with Crippen LogP contribution in [-0.4, -0.2) is 41.7 Å². The van der Waals surface area contributed by atoms with E-state index in [0.29, 0.717) is 5.69 Å². The standard InChI is InChI=1S/C13H17FN2O2/c14-10-3-1-4-11(7-10)15-13(18)8-16-6-2-5-12(16)9-17/h1,3-4,7,12,17H,2,5-6,8-9H2,(H,15,18). The number of benzene rings is 1. The fourth-order valence-corrected chi connectivity index (χ4v) is 2.26. The lowest BCUT2D eigenvalue weighted by Gasteiger charge is -2.21. The van der Waals surface area contributed by atoms with Crippen molar-refractivity contribution in [3.63, 3.8) is 0 Å². The monoisotopic (exact) mass is 252 g/mol. The first-order valence-corrected chi connectivity index (χ1v) is 6.09. The van der Waals surface area contributed by atoms with Crippen LogP contribution in [0.3, 0.4) is 0 Å². The number of hydrogen-bond donors (Lipinski definition) is 2. The predicted octanol–water partition coefficient (Wildman–Crippen LogP) is 1.22. The molecule has 1 heterocycles. The summed E-state index contributed by atoms with van der Waals surface area (Å²) in [5.74, 6) is -0.553. The normalized spacial score (nSPS) is 20.0. The third kappa shape index (κ3) is 3.27. The van der Waals surface area contributed by atoms with E-state index in [9.17, 15) is 9.18 Å². The lowest BCUT2D eigenvalue weighted by Crippen LogP contribution is -2.38. The maximum absolute atomic E-state index is 12.9. The summed E-state index contributed by atoms with van der Waals surface area (Å²) in [6.45, 7) is 1.14. The Kier molecular flexibility index (Phi) is 4.28. The highest BCUT2D eigenvalue weighted by atomic mass is 19.1. The lowest BCUT2D eigenvalue weighted by atomic mass is 10.2. The molecule has 1 amide bonds. The van der Waals surface area contributed by atoms with E-state index < -0.39 is 0 Å². The van der Waals surface area contributed by atoms with Gasteiger partial charge in [-0.1, -0.05) is 6.07 Å². The molecule has 18 heavy (non-hydrogen) atoms. The van der Waals surface area contributed by atoms with Crippen LogP contribution in [0.15, 0.2) is 24.3 Å². The summed E-state index contributed by atoms with van der Waals surface area (Å²) < 4.78 is 12.9. The van der Waals surface area contributed by atoms with Crippen molar-refractivity contribution in [2.24, 2.45) is 0 Å². The average Bonchev–Trinajstić information content (AvgIpc) is 2.76. The van der Waals surface area contributed by atoms with Gasteiger partial charge in [-0.05, 0) is 37.6 Å². The van der Waals surface area contributed by atoms with E-state index >= 15 is 0 Å². The summed E-state index contributed by atoms with van der Waals surface area (Å²) >= 11 is 0. The topological polar surface area (TPSA) is 52.6 Å². The maximum Gasteiger partial charge on any atom is 0.238 e. The van der Waals surface area contributed by atoms with Gasteiger partial charge in [-0.3, -0.25) is 9.69 Å². The second kappa shape index (κ2) is 5.93. The van der Waals surface area contributed by atoms with Gasteiger partial charge in [0.2, 0.25) is 5.91 Å². The molecule has 2 rings (SSSR count). The number of anilines is 1. The largest absolute Gasteiger partial charge is 0.395 e. The van der Waals surface area contributed by atoms with Gasteiger partial charge in [-0.25, -0.2) is 4.39 Å². The van der Waals surface area contributed by atoms with E-state index in [-0.39, 0.29) is 30.9 Å². The van der Waals surface area contributed by atoms with E-state index in [1.54, 1.807) is 12.1 Å². The number of halogens is 1. The Bertz CT molecular complexity index is 425.